The van der Waals surface area contributed by atoms with Crippen LogP contribution in [0.15, 0.2) is 30.3 Å². The first-order chi connectivity index (χ1) is 13.5. The Morgan fingerprint density at radius 2 is 1.36 bits per heavy atom. The minimum atomic E-state index is -0.743. The summed E-state index contributed by atoms with van der Waals surface area (Å²) in [6.45, 7) is -0.486. The zero-order valence-electron chi connectivity index (χ0n) is 16.4. The predicted molar refractivity (Wildman–Crippen MR) is 100 cm³/mol. The maximum absolute atomic E-state index is 12.5. The van der Waals surface area contributed by atoms with Crippen LogP contribution < -0.4 is 23.7 Å². The number of esters is 1. The fourth-order valence-corrected chi connectivity index (χ4v) is 2.58. The van der Waals surface area contributed by atoms with Gasteiger partial charge in [-0.05, 0) is 30.3 Å². The molecule has 0 aliphatic carbocycles. The topological polar surface area (TPSA) is 89.5 Å². The summed E-state index contributed by atoms with van der Waals surface area (Å²) in [6, 6.07) is 7.80. The van der Waals surface area contributed by atoms with Gasteiger partial charge in [0.2, 0.25) is 11.5 Å². The summed E-state index contributed by atoms with van der Waals surface area (Å²) >= 11 is 0. The van der Waals surface area contributed by atoms with E-state index in [0.717, 1.165) is 0 Å². The smallest absolute Gasteiger partial charge is 0.342 e. The molecule has 2 rings (SSSR count). The first kappa shape index (κ1) is 20.9. The van der Waals surface area contributed by atoms with Crippen LogP contribution in [0, 0.1) is 0 Å². The summed E-state index contributed by atoms with van der Waals surface area (Å²) in [4.78, 5) is 25.0. The molecule has 0 saturated carbocycles. The van der Waals surface area contributed by atoms with E-state index in [4.69, 9.17) is 28.4 Å². The van der Waals surface area contributed by atoms with Crippen LogP contribution in [0.5, 0.6) is 28.7 Å². The molecule has 28 heavy (non-hydrogen) atoms. The lowest BCUT2D eigenvalue weighted by atomic mass is 10.1. The Bertz CT molecular complexity index is 860. The van der Waals surface area contributed by atoms with Gasteiger partial charge in [-0.25, -0.2) is 4.79 Å². The lowest BCUT2D eigenvalue weighted by Crippen LogP contribution is -2.16. The van der Waals surface area contributed by atoms with E-state index < -0.39 is 18.4 Å². The monoisotopic (exact) mass is 390 g/mol. The second kappa shape index (κ2) is 9.50. The second-order valence-corrected chi connectivity index (χ2v) is 5.45. The quantitative estimate of drug-likeness (QED) is 0.477. The van der Waals surface area contributed by atoms with Gasteiger partial charge in [-0.15, -0.1) is 0 Å². The van der Waals surface area contributed by atoms with E-state index >= 15 is 0 Å². The van der Waals surface area contributed by atoms with Crippen LogP contribution in [0.3, 0.4) is 0 Å². The van der Waals surface area contributed by atoms with E-state index in [0.29, 0.717) is 17.2 Å². The minimum Gasteiger partial charge on any atom is -0.497 e. The molecule has 150 valence electrons. The summed E-state index contributed by atoms with van der Waals surface area (Å²) in [5, 5.41) is 0. The number of hydrogen-bond donors (Lipinski definition) is 0. The molecule has 2 aromatic rings. The highest BCUT2D eigenvalue weighted by Crippen LogP contribution is 2.40. The molecule has 0 bridgehead atoms. The molecule has 8 heteroatoms. The average Bonchev–Trinajstić information content (AvgIpc) is 2.75. The number of methoxy groups -OCH3 is 5. The van der Waals surface area contributed by atoms with Crippen LogP contribution in [0.4, 0.5) is 0 Å². The van der Waals surface area contributed by atoms with Crippen LogP contribution in [0.25, 0.3) is 0 Å². The van der Waals surface area contributed by atoms with Crippen molar-refractivity contribution in [3.8, 4) is 28.7 Å². The fourth-order valence-electron chi connectivity index (χ4n) is 2.58. The molecule has 0 radical (unpaired) electrons. The van der Waals surface area contributed by atoms with Gasteiger partial charge in [0.25, 0.3) is 0 Å². The number of ketones is 1. The van der Waals surface area contributed by atoms with Gasteiger partial charge in [0.15, 0.2) is 18.1 Å². The van der Waals surface area contributed by atoms with Gasteiger partial charge >= 0.3 is 5.97 Å². The van der Waals surface area contributed by atoms with Crippen molar-refractivity contribution < 1.29 is 38.0 Å². The molecule has 0 heterocycles. The Labute approximate surface area is 162 Å². The van der Waals surface area contributed by atoms with Crippen molar-refractivity contribution in [2.45, 2.75) is 0 Å². The van der Waals surface area contributed by atoms with Gasteiger partial charge in [-0.3, -0.25) is 4.79 Å². The van der Waals surface area contributed by atoms with Crippen molar-refractivity contribution in [2.24, 2.45) is 0 Å². The SMILES string of the molecule is COc1ccc(OC)c(C(=O)COC(=O)c2ccc(OC)c(OC)c2OC)c1. The number of benzene rings is 2. The maximum Gasteiger partial charge on any atom is 0.342 e. The zero-order chi connectivity index (χ0) is 20.7. The Kier molecular flexibility index (Phi) is 7.08. The molecule has 0 fully saturated rings. The maximum atomic E-state index is 12.5. The Balaban J connectivity index is 2.22. The molecule has 8 nitrogen and oxygen atoms in total. The molecule has 0 saturated heterocycles. The summed E-state index contributed by atoms with van der Waals surface area (Å²) in [6.07, 6.45) is 0. The number of Topliss-reactive ketones (excluding diaryl/α,β-unsaturated/α-hetero) is 1. The summed E-state index contributed by atoms with van der Waals surface area (Å²) in [5.74, 6) is 0.450. The largest absolute Gasteiger partial charge is 0.497 e. The van der Waals surface area contributed by atoms with E-state index in [-0.39, 0.29) is 22.6 Å². The van der Waals surface area contributed by atoms with Crippen molar-refractivity contribution in [3.05, 3.63) is 41.5 Å². The standard InChI is InChI=1S/C20H22O8/c1-23-12-6-8-16(24-2)14(10-12)15(21)11-28-20(22)13-7-9-17(25-3)19(27-5)18(13)26-4/h6-10H,11H2,1-5H3. The van der Waals surface area contributed by atoms with Crippen molar-refractivity contribution in [2.75, 3.05) is 42.2 Å². The highest BCUT2D eigenvalue weighted by atomic mass is 16.5. The van der Waals surface area contributed by atoms with Crippen molar-refractivity contribution in [1.82, 2.24) is 0 Å². The Hall–Kier alpha value is -3.42. The van der Waals surface area contributed by atoms with Crippen LogP contribution >= 0.6 is 0 Å². The molecule has 0 atom stereocenters. The van der Waals surface area contributed by atoms with E-state index in [1.54, 1.807) is 18.2 Å². The molecule has 0 aliphatic heterocycles. The summed E-state index contributed by atoms with van der Waals surface area (Å²) < 4.78 is 31.2. The van der Waals surface area contributed by atoms with E-state index in [1.807, 2.05) is 0 Å². The highest BCUT2D eigenvalue weighted by Gasteiger charge is 2.23. The molecule has 0 unspecified atom stereocenters. The third-order valence-electron chi connectivity index (χ3n) is 3.97. The van der Waals surface area contributed by atoms with E-state index in [2.05, 4.69) is 0 Å². The third kappa shape index (κ3) is 4.28. The first-order valence-corrected chi connectivity index (χ1v) is 8.22. The third-order valence-corrected chi connectivity index (χ3v) is 3.97. The summed E-state index contributed by atoms with van der Waals surface area (Å²) in [5.41, 5.74) is 0.347. The lowest BCUT2D eigenvalue weighted by molar-refractivity contribution is 0.0470. The zero-order valence-corrected chi connectivity index (χ0v) is 16.4. The van der Waals surface area contributed by atoms with Gasteiger partial charge in [-0.2, -0.15) is 0 Å². The number of carbonyl (C=O) groups is 2. The Morgan fingerprint density at radius 1 is 0.714 bits per heavy atom. The predicted octanol–water partition coefficient (Wildman–Crippen LogP) is 2.77. The number of ether oxygens (including phenoxy) is 6. The molecule has 0 N–H and O–H groups in total. The molecule has 0 aromatic heterocycles. The summed E-state index contributed by atoms with van der Waals surface area (Å²) in [7, 11) is 7.21. The first-order valence-electron chi connectivity index (χ1n) is 8.22. The lowest BCUT2D eigenvalue weighted by Gasteiger charge is -2.15. The molecule has 0 aliphatic rings. The second-order valence-electron chi connectivity index (χ2n) is 5.45. The highest BCUT2D eigenvalue weighted by molar-refractivity contribution is 6.02. The van der Waals surface area contributed by atoms with Crippen LogP contribution in [0.2, 0.25) is 0 Å². The van der Waals surface area contributed by atoms with Gasteiger partial charge in [0.05, 0.1) is 41.1 Å². The average molecular weight is 390 g/mol. The van der Waals surface area contributed by atoms with Gasteiger partial charge < -0.3 is 28.4 Å². The molecule has 0 spiro atoms. The van der Waals surface area contributed by atoms with Gasteiger partial charge in [-0.1, -0.05) is 0 Å². The van der Waals surface area contributed by atoms with Crippen molar-refractivity contribution in [1.29, 1.82) is 0 Å². The molecule has 0 amide bonds. The number of rotatable bonds is 9. The number of hydrogen-bond acceptors (Lipinski definition) is 8. The van der Waals surface area contributed by atoms with Crippen LogP contribution in [-0.4, -0.2) is 53.9 Å². The normalized spacial score (nSPS) is 10.0. The Morgan fingerprint density at radius 3 is 1.93 bits per heavy atom. The molecular weight excluding hydrogens is 368 g/mol. The van der Waals surface area contributed by atoms with Gasteiger partial charge in [0, 0.05) is 0 Å². The number of carbonyl (C=O) groups excluding carboxylic acids is 2. The molecular formula is C20H22O8. The van der Waals surface area contributed by atoms with Crippen molar-refractivity contribution in [3.63, 3.8) is 0 Å². The fraction of sp³-hybridized carbons (Fsp3) is 0.300. The minimum absolute atomic E-state index is 0.102. The van der Waals surface area contributed by atoms with E-state index in [1.165, 1.54) is 47.7 Å². The van der Waals surface area contributed by atoms with Crippen LogP contribution in [0.1, 0.15) is 20.7 Å². The van der Waals surface area contributed by atoms with E-state index in [9.17, 15) is 9.59 Å². The molecule has 2 aromatic carbocycles. The van der Waals surface area contributed by atoms with Crippen LogP contribution in [-0.2, 0) is 4.74 Å². The van der Waals surface area contributed by atoms with Crippen molar-refractivity contribution >= 4 is 11.8 Å². The van der Waals surface area contributed by atoms with Gasteiger partial charge in [0.1, 0.15) is 17.1 Å².